The molecule has 5 rings (SSSR count). The fourth-order valence-corrected chi connectivity index (χ4v) is 4.55. The van der Waals surface area contributed by atoms with Crippen molar-refractivity contribution in [3.63, 3.8) is 0 Å². The molecular weight excluding hydrogens is 424 g/mol. The van der Waals surface area contributed by atoms with E-state index in [1.165, 1.54) is 16.7 Å². The van der Waals surface area contributed by atoms with Gasteiger partial charge >= 0.3 is 11.4 Å². The Bertz CT molecular complexity index is 1370. The van der Waals surface area contributed by atoms with Crippen LogP contribution >= 0.6 is 0 Å². The minimum atomic E-state index is -0.619. The highest BCUT2D eigenvalue weighted by Crippen LogP contribution is 2.40. The number of benzene rings is 2. The number of methoxy groups -OCH3 is 1. The lowest BCUT2D eigenvalue weighted by molar-refractivity contribution is -0.122. The summed E-state index contributed by atoms with van der Waals surface area (Å²) in [5.41, 5.74) is 0.264. The number of rotatable bonds is 5. The van der Waals surface area contributed by atoms with Gasteiger partial charge in [0, 0.05) is 6.07 Å². The Morgan fingerprint density at radius 3 is 2.52 bits per heavy atom. The topological polar surface area (TPSA) is 106 Å². The summed E-state index contributed by atoms with van der Waals surface area (Å²) in [7, 11) is 1.52. The lowest BCUT2D eigenvalue weighted by Gasteiger charge is -2.23. The monoisotopic (exact) mass is 446 g/mol. The Morgan fingerprint density at radius 1 is 0.970 bits per heavy atom. The molecule has 1 aliphatic heterocycles. The predicted molar refractivity (Wildman–Crippen MR) is 120 cm³/mol. The Kier molecular flexibility index (Phi) is 5.08. The van der Waals surface area contributed by atoms with Gasteiger partial charge in [-0.25, -0.2) is 28.8 Å². The second-order valence-electron chi connectivity index (χ2n) is 8.17. The summed E-state index contributed by atoms with van der Waals surface area (Å²) in [5.74, 6) is -1.32. The number of aromatic nitrogens is 3. The zero-order chi connectivity index (χ0) is 23.1. The second-order valence-corrected chi connectivity index (χ2v) is 8.17. The van der Waals surface area contributed by atoms with Gasteiger partial charge in [0.2, 0.25) is 11.8 Å². The van der Waals surface area contributed by atoms with Crippen LogP contribution in [0.2, 0.25) is 0 Å². The fraction of sp³-hybridized carbons (Fsp3) is 0.250. The maximum absolute atomic E-state index is 13.2. The van der Waals surface area contributed by atoms with Crippen LogP contribution in [0.1, 0.15) is 18.0 Å². The highest BCUT2D eigenvalue weighted by Gasteiger charge is 2.49. The predicted octanol–water partition coefficient (Wildman–Crippen LogP) is 1.70. The maximum atomic E-state index is 13.2. The minimum absolute atomic E-state index is 0.144. The summed E-state index contributed by atoms with van der Waals surface area (Å²) in [5, 5.41) is 2.60. The molecule has 168 valence electrons. The molecule has 2 aromatic carbocycles. The molecule has 1 fully saturated rings. The number of nitrogens with one attached hydrogen (secondary N) is 1. The molecule has 3 atom stereocenters. The van der Waals surface area contributed by atoms with Crippen molar-refractivity contribution in [2.24, 2.45) is 11.8 Å². The number of amides is 2. The van der Waals surface area contributed by atoms with Crippen LogP contribution in [0.3, 0.4) is 0 Å². The van der Waals surface area contributed by atoms with Gasteiger partial charge in [-0.2, -0.15) is 0 Å². The molecule has 9 nitrogen and oxygen atoms in total. The van der Waals surface area contributed by atoms with Crippen LogP contribution < -0.4 is 21.0 Å². The Hall–Kier alpha value is -4.14. The normalized spacial score (nSPS) is 22.0. The van der Waals surface area contributed by atoms with Crippen molar-refractivity contribution >= 4 is 17.5 Å². The number of nitrogens with zero attached hydrogens (tertiary/aromatic N) is 3. The number of aromatic amines is 1. The quantitative estimate of drug-likeness (QED) is 0.474. The van der Waals surface area contributed by atoms with Crippen molar-refractivity contribution in [1.29, 1.82) is 0 Å². The van der Waals surface area contributed by atoms with Crippen LogP contribution in [0.4, 0.5) is 5.69 Å². The Labute approximate surface area is 188 Å². The summed E-state index contributed by atoms with van der Waals surface area (Å²) in [4.78, 5) is 52.8. The standard InChI is InChI=1S/C24H22N4O5/c1-33-18-9-5-8-16(12-18)27-21(29)19-11-10-17(13-20(19)22(27)30)28-24(32)26(23(31)25-28)14-15-6-3-2-4-7-15/h2-12,17,19-20H,13-14H2,1H3,(H,25,31)/t17-,19+,20+/m0/s1. The lowest BCUT2D eigenvalue weighted by Crippen LogP contribution is -2.33. The van der Waals surface area contributed by atoms with E-state index >= 15 is 0 Å². The largest absolute Gasteiger partial charge is 0.497 e. The molecule has 0 radical (unpaired) electrons. The molecule has 0 bridgehead atoms. The molecule has 33 heavy (non-hydrogen) atoms. The van der Waals surface area contributed by atoms with Gasteiger partial charge in [0.15, 0.2) is 0 Å². The van der Waals surface area contributed by atoms with Crippen molar-refractivity contribution in [3.05, 3.63) is 93.3 Å². The minimum Gasteiger partial charge on any atom is -0.497 e. The van der Waals surface area contributed by atoms with E-state index in [0.717, 1.165) is 10.1 Å². The second kappa shape index (κ2) is 8.09. The van der Waals surface area contributed by atoms with E-state index in [1.54, 1.807) is 36.4 Å². The van der Waals surface area contributed by atoms with E-state index < -0.39 is 29.3 Å². The number of hydrogen-bond acceptors (Lipinski definition) is 5. The van der Waals surface area contributed by atoms with E-state index in [9.17, 15) is 19.2 Å². The Balaban J connectivity index is 1.42. The first kappa shape index (κ1) is 20.7. The molecule has 0 spiro atoms. The average molecular weight is 446 g/mol. The van der Waals surface area contributed by atoms with E-state index in [4.69, 9.17) is 4.74 Å². The number of carbonyl (C=O) groups is 2. The first-order valence-electron chi connectivity index (χ1n) is 10.6. The van der Waals surface area contributed by atoms with Crippen molar-refractivity contribution in [3.8, 4) is 5.75 Å². The van der Waals surface area contributed by atoms with Crippen LogP contribution in [-0.2, 0) is 16.1 Å². The smallest absolute Gasteiger partial charge is 0.347 e. The molecule has 2 amide bonds. The molecular formula is C24H22N4O5. The molecule has 0 saturated carbocycles. The number of fused-ring (bicyclic) bond motifs is 1. The number of imide groups is 1. The fourth-order valence-electron chi connectivity index (χ4n) is 4.55. The van der Waals surface area contributed by atoms with Gasteiger partial charge in [0.05, 0.1) is 37.2 Å². The molecule has 3 aromatic rings. The SMILES string of the molecule is COc1cccc(N2C(=O)[C@@H]3C=C[C@H](n4[nH]c(=O)n(Cc5ccccc5)c4=O)C[C@H]3C2=O)c1. The first-order chi connectivity index (χ1) is 16.0. The lowest BCUT2D eigenvalue weighted by atomic mass is 9.84. The third-order valence-corrected chi connectivity index (χ3v) is 6.24. The summed E-state index contributed by atoms with van der Waals surface area (Å²) in [6.07, 6.45) is 3.61. The van der Waals surface area contributed by atoms with E-state index in [2.05, 4.69) is 5.10 Å². The van der Waals surface area contributed by atoms with Crippen LogP contribution in [0.15, 0.2) is 76.3 Å². The third kappa shape index (κ3) is 3.51. The zero-order valence-corrected chi connectivity index (χ0v) is 17.9. The Morgan fingerprint density at radius 2 is 1.76 bits per heavy atom. The molecule has 1 aliphatic carbocycles. The van der Waals surface area contributed by atoms with Crippen molar-refractivity contribution in [2.75, 3.05) is 12.0 Å². The highest BCUT2D eigenvalue weighted by molar-refractivity contribution is 6.22. The molecule has 9 heteroatoms. The number of ether oxygens (including phenoxy) is 1. The van der Waals surface area contributed by atoms with Crippen LogP contribution in [0.25, 0.3) is 0 Å². The number of carbonyl (C=O) groups excluding carboxylic acids is 2. The van der Waals surface area contributed by atoms with Gasteiger partial charge in [-0.3, -0.25) is 9.59 Å². The number of hydrogen-bond donors (Lipinski definition) is 1. The molecule has 1 aromatic heterocycles. The van der Waals surface area contributed by atoms with E-state index in [0.29, 0.717) is 11.4 Å². The molecule has 2 aliphatic rings. The molecule has 0 unspecified atom stereocenters. The molecule has 1 N–H and O–H groups in total. The first-order valence-corrected chi connectivity index (χ1v) is 10.6. The van der Waals surface area contributed by atoms with Gasteiger partial charge in [-0.15, -0.1) is 0 Å². The van der Waals surface area contributed by atoms with E-state index in [1.807, 2.05) is 30.3 Å². The van der Waals surface area contributed by atoms with Crippen molar-refractivity contribution in [2.45, 2.75) is 19.0 Å². The van der Waals surface area contributed by atoms with Gasteiger partial charge in [0.1, 0.15) is 5.75 Å². The number of allylic oxidation sites excluding steroid dienone is 1. The maximum Gasteiger partial charge on any atom is 0.347 e. The van der Waals surface area contributed by atoms with Gasteiger partial charge < -0.3 is 4.74 Å². The number of anilines is 1. The van der Waals surface area contributed by atoms with Crippen molar-refractivity contribution < 1.29 is 14.3 Å². The molecule has 1 saturated heterocycles. The van der Waals surface area contributed by atoms with Crippen LogP contribution in [0, 0.1) is 11.8 Å². The summed E-state index contributed by atoms with van der Waals surface area (Å²) in [6, 6.07) is 15.5. The highest BCUT2D eigenvalue weighted by atomic mass is 16.5. The zero-order valence-electron chi connectivity index (χ0n) is 17.9. The van der Waals surface area contributed by atoms with E-state index in [-0.39, 0.29) is 24.8 Å². The van der Waals surface area contributed by atoms with Gasteiger partial charge in [-0.1, -0.05) is 48.6 Å². The third-order valence-electron chi connectivity index (χ3n) is 6.24. The van der Waals surface area contributed by atoms with Crippen LogP contribution in [-0.4, -0.2) is 33.3 Å². The van der Waals surface area contributed by atoms with Crippen molar-refractivity contribution in [1.82, 2.24) is 14.3 Å². The van der Waals surface area contributed by atoms with Crippen LogP contribution in [0.5, 0.6) is 5.75 Å². The van der Waals surface area contributed by atoms with Gasteiger partial charge in [0.25, 0.3) is 0 Å². The molecule has 2 heterocycles. The summed E-state index contributed by atoms with van der Waals surface area (Å²) in [6.45, 7) is 0.144. The summed E-state index contributed by atoms with van der Waals surface area (Å²) >= 11 is 0. The average Bonchev–Trinajstić information content (AvgIpc) is 3.26. The van der Waals surface area contributed by atoms with Gasteiger partial charge in [-0.05, 0) is 24.1 Å². The summed E-state index contributed by atoms with van der Waals surface area (Å²) < 4.78 is 7.57. The number of H-pyrrole nitrogens is 1.